The Balaban J connectivity index is 4.11. The second-order valence-electron chi connectivity index (χ2n) is 16.2. The average Bonchev–Trinajstić information content (AvgIpc) is 3.12. The molecule has 0 unspecified atom stereocenters. The summed E-state index contributed by atoms with van der Waals surface area (Å²) in [6, 6.07) is 0. The number of carbonyl (C=O) groups excluding carboxylic acids is 3. The number of hydrogen-bond donors (Lipinski definition) is 0. The normalized spacial score (nSPS) is 11.9. The van der Waals surface area contributed by atoms with E-state index in [9.17, 15) is 14.4 Å². The Bertz CT molecular complexity index is 781. The van der Waals surface area contributed by atoms with Crippen molar-refractivity contribution in [3.8, 4) is 0 Å². The van der Waals surface area contributed by atoms with Gasteiger partial charge in [-0.3, -0.25) is 14.4 Å². The van der Waals surface area contributed by atoms with Crippen LogP contribution in [-0.2, 0) is 28.6 Å². The first-order chi connectivity index (χ1) is 25.4. The quantitative estimate of drug-likeness (QED) is 0.0353. The Morgan fingerprint density at radius 3 is 0.942 bits per heavy atom. The molecule has 6 heteroatoms. The maximum atomic E-state index is 12.7. The van der Waals surface area contributed by atoms with E-state index in [4.69, 9.17) is 14.2 Å². The summed E-state index contributed by atoms with van der Waals surface area (Å²) in [5.41, 5.74) is 0. The van der Waals surface area contributed by atoms with Crippen LogP contribution >= 0.6 is 0 Å². The van der Waals surface area contributed by atoms with Gasteiger partial charge in [-0.15, -0.1) is 0 Å². The van der Waals surface area contributed by atoms with Gasteiger partial charge in [-0.25, -0.2) is 0 Å². The maximum absolute atomic E-state index is 12.7. The van der Waals surface area contributed by atoms with Gasteiger partial charge in [0.25, 0.3) is 0 Å². The largest absolute Gasteiger partial charge is 0.462 e. The molecule has 0 radical (unpaired) electrons. The third-order valence-electron chi connectivity index (χ3n) is 10.3. The molecule has 0 fully saturated rings. The highest BCUT2D eigenvalue weighted by Gasteiger charge is 2.19. The van der Waals surface area contributed by atoms with Crippen molar-refractivity contribution in [3.63, 3.8) is 0 Å². The van der Waals surface area contributed by atoms with Crippen LogP contribution in [0.1, 0.15) is 252 Å². The highest BCUT2D eigenvalue weighted by Crippen LogP contribution is 2.16. The second kappa shape index (κ2) is 40.6. The van der Waals surface area contributed by atoms with E-state index < -0.39 is 6.10 Å². The number of esters is 3. The molecule has 0 amide bonds. The molecule has 0 aromatic carbocycles. The zero-order valence-corrected chi connectivity index (χ0v) is 35.3. The van der Waals surface area contributed by atoms with E-state index in [2.05, 4.69) is 27.7 Å². The number of hydrogen-bond acceptors (Lipinski definition) is 6. The van der Waals surface area contributed by atoms with E-state index in [0.717, 1.165) is 70.1 Å². The molecular formula is C46H88O6. The number of ether oxygens (including phenoxy) is 3. The zero-order valence-electron chi connectivity index (χ0n) is 35.3. The van der Waals surface area contributed by atoms with Crippen molar-refractivity contribution in [2.75, 3.05) is 13.2 Å². The van der Waals surface area contributed by atoms with Crippen molar-refractivity contribution in [1.29, 1.82) is 0 Å². The van der Waals surface area contributed by atoms with Crippen LogP contribution in [0, 0.1) is 5.92 Å². The molecule has 1 atom stereocenters. The molecule has 0 aliphatic heterocycles. The summed E-state index contributed by atoms with van der Waals surface area (Å²) in [6.07, 6.45) is 39.8. The lowest BCUT2D eigenvalue weighted by atomic mass is 10.0. The monoisotopic (exact) mass is 737 g/mol. The molecule has 0 aliphatic rings. The van der Waals surface area contributed by atoms with E-state index in [1.807, 2.05) is 0 Å². The van der Waals surface area contributed by atoms with Gasteiger partial charge in [0, 0.05) is 19.3 Å². The Hall–Kier alpha value is -1.59. The van der Waals surface area contributed by atoms with Crippen molar-refractivity contribution in [2.45, 2.75) is 259 Å². The first-order valence-electron chi connectivity index (χ1n) is 22.9. The number of carbonyl (C=O) groups is 3. The lowest BCUT2D eigenvalue weighted by Crippen LogP contribution is -2.30. The van der Waals surface area contributed by atoms with Crippen LogP contribution in [0.15, 0.2) is 0 Å². The van der Waals surface area contributed by atoms with E-state index in [1.165, 1.54) is 141 Å². The van der Waals surface area contributed by atoms with E-state index in [-0.39, 0.29) is 31.1 Å². The highest BCUT2D eigenvalue weighted by molar-refractivity contribution is 5.71. The topological polar surface area (TPSA) is 78.9 Å². The van der Waals surface area contributed by atoms with Crippen LogP contribution < -0.4 is 0 Å². The van der Waals surface area contributed by atoms with Crippen LogP contribution in [0.2, 0.25) is 0 Å². The predicted octanol–water partition coefficient (Wildman–Crippen LogP) is 14.3. The summed E-state index contributed by atoms with van der Waals surface area (Å²) in [5.74, 6) is -0.0172. The third kappa shape index (κ3) is 39.6. The van der Waals surface area contributed by atoms with E-state index in [1.54, 1.807) is 0 Å². The fraction of sp³-hybridized carbons (Fsp3) is 0.935. The molecule has 0 heterocycles. The molecule has 52 heavy (non-hydrogen) atoms. The Morgan fingerprint density at radius 1 is 0.365 bits per heavy atom. The van der Waals surface area contributed by atoms with Gasteiger partial charge in [0.05, 0.1) is 0 Å². The summed E-state index contributed by atoms with van der Waals surface area (Å²) in [7, 11) is 0. The van der Waals surface area contributed by atoms with Crippen molar-refractivity contribution in [2.24, 2.45) is 5.92 Å². The molecule has 0 rings (SSSR count). The van der Waals surface area contributed by atoms with Gasteiger partial charge in [0.2, 0.25) is 0 Å². The Kier molecular flexibility index (Phi) is 39.4. The lowest BCUT2D eigenvalue weighted by molar-refractivity contribution is -0.167. The fourth-order valence-corrected chi connectivity index (χ4v) is 6.80. The summed E-state index contributed by atoms with van der Waals surface area (Å²) in [4.78, 5) is 37.4. The molecule has 0 N–H and O–H groups in total. The molecule has 0 saturated heterocycles. The van der Waals surface area contributed by atoms with Gasteiger partial charge in [-0.2, -0.15) is 0 Å². The molecule has 0 spiro atoms. The average molecular weight is 737 g/mol. The minimum absolute atomic E-state index is 0.0648. The third-order valence-corrected chi connectivity index (χ3v) is 10.3. The van der Waals surface area contributed by atoms with Crippen LogP contribution in [0.3, 0.4) is 0 Å². The fourth-order valence-electron chi connectivity index (χ4n) is 6.80. The van der Waals surface area contributed by atoms with Crippen molar-refractivity contribution in [3.05, 3.63) is 0 Å². The molecule has 0 saturated carbocycles. The summed E-state index contributed by atoms with van der Waals surface area (Å²) in [6.45, 7) is 8.92. The van der Waals surface area contributed by atoms with Crippen molar-refractivity contribution in [1.82, 2.24) is 0 Å². The molecule has 0 bridgehead atoms. The second-order valence-corrected chi connectivity index (χ2v) is 16.2. The smallest absolute Gasteiger partial charge is 0.306 e. The van der Waals surface area contributed by atoms with Crippen LogP contribution in [0.25, 0.3) is 0 Å². The Labute approximate surface area is 323 Å². The van der Waals surface area contributed by atoms with Gasteiger partial charge in [0.1, 0.15) is 13.2 Å². The minimum atomic E-state index is -0.757. The minimum Gasteiger partial charge on any atom is -0.462 e. The Morgan fingerprint density at radius 2 is 0.635 bits per heavy atom. The summed E-state index contributed by atoms with van der Waals surface area (Å²) < 4.78 is 16.6. The SMILES string of the molecule is CCCCCCCCCCCCC(=O)OC[C@@H](COC(=O)CCCCCCC)OC(=O)CCCCCCCCCCCCCCCCCCC(C)C. The molecule has 6 nitrogen and oxygen atoms in total. The molecular weight excluding hydrogens is 648 g/mol. The van der Waals surface area contributed by atoms with Gasteiger partial charge in [-0.05, 0) is 25.2 Å². The van der Waals surface area contributed by atoms with Crippen LogP contribution in [0.4, 0.5) is 0 Å². The molecule has 0 aromatic heterocycles. The number of rotatable bonds is 41. The first-order valence-corrected chi connectivity index (χ1v) is 22.9. The van der Waals surface area contributed by atoms with Crippen molar-refractivity contribution < 1.29 is 28.6 Å². The van der Waals surface area contributed by atoms with Gasteiger partial charge >= 0.3 is 17.9 Å². The van der Waals surface area contributed by atoms with Crippen LogP contribution in [0.5, 0.6) is 0 Å². The zero-order chi connectivity index (χ0) is 38.2. The highest BCUT2D eigenvalue weighted by atomic mass is 16.6. The first kappa shape index (κ1) is 50.4. The van der Waals surface area contributed by atoms with E-state index in [0.29, 0.717) is 19.3 Å². The van der Waals surface area contributed by atoms with Gasteiger partial charge in [-0.1, -0.05) is 214 Å². The molecule has 0 aromatic rings. The molecule has 0 aliphatic carbocycles. The van der Waals surface area contributed by atoms with Crippen molar-refractivity contribution >= 4 is 17.9 Å². The summed E-state index contributed by atoms with van der Waals surface area (Å²) >= 11 is 0. The predicted molar refractivity (Wildman–Crippen MR) is 220 cm³/mol. The summed E-state index contributed by atoms with van der Waals surface area (Å²) in [5, 5.41) is 0. The van der Waals surface area contributed by atoms with Gasteiger partial charge in [0.15, 0.2) is 6.10 Å². The van der Waals surface area contributed by atoms with E-state index >= 15 is 0 Å². The maximum Gasteiger partial charge on any atom is 0.306 e. The standard InChI is InChI=1S/C46H88O6/c1-5-7-9-11-12-13-23-26-30-34-38-45(48)51-41-43(40-50-44(47)37-33-28-10-8-6-2)52-46(49)39-35-31-27-24-21-19-17-15-14-16-18-20-22-25-29-32-36-42(3)4/h42-43H,5-41H2,1-4H3/t43-/m1/s1. The molecule has 308 valence electrons. The lowest BCUT2D eigenvalue weighted by Gasteiger charge is -2.18. The number of unbranched alkanes of at least 4 members (excludes halogenated alkanes) is 28. The van der Waals surface area contributed by atoms with Gasteiger partial charge < -0.3 is 14.2 Å². The van der Waals surface area contributed by atoms with Crippen LogP contribution in [-0.4, -0.2) is 37.2 Å².